The van der Waals surface area contributed by atoms with E-state index < -0.39 is 17.3 Å². The number of nitrogens with two attached hydrogens (primary N) is 1. The van der Waals surface area contributed by atoms with Crippen molar-refractivity contribution in [2.24, 2.45) is 5.73 Å². The average molecular weight is 329 g/mol. The first-order valence-corrected chi connectivity index (χ1v) is 7.49. The zero-order valence-electron chi connectivity index (χ0n) is 13.6. The Morgan fingerprint density at radius 3 is 2.50 bits per heavy atom. The fraction of sp³-hybridized carbons (Fsp3) is 0.222. The molecule has 3 amide bonds. The van der Waals surface area contributed by atoms with Crippen LogP contribution in [0.4, 0.5) is 14.9 Å². The Hall–Kier alpha value is -2.89. The molecule has 126 valence electrons. The van der Waals surface area contributed by atoms with E-state index >= 15 is 0 Å². The second-order valence-electron chi connectivity index (χ2n) is 5.98. The zero-order chi connectivity index (χ0) is 17.7. The van der Waals surface area contributed by atoms with Crippen LogP contribution in [0, 0.1) is 5.82 Å². The van der Waals surface area contributed by atoms with Crippen LogP contribution < -0.4 is 16.4 Å². The predicted molar refractivity (Wildman–Crippen MR) is 90.9 cm³/mol. The quantitative estimate of drug-likeness (QED) is 0.788. The van der Waals surface area contributed by atoms with Crippen molar-refractivity contribution in [3.63, 3.8) is 0 Å². The van der Waals surface area contributed by atoms with Gasteiger partial charge >= 0.3 is 6.03 Å². The molecule has 0 aliphatic carbocycles. The molecule has 0 saturated carbocycles. The number of halogens is 1. The van der Waals surface area contributed by atoms with E-state index in [0.717, 1.165) is 5.56 Å². The van der Waals surface area contributed by atoms with E-state index in [2.05, 4.69) is 10.6 Å². The average Bonchev–Trinajstić information content (AvgIpc) is 2.52. The summed E-state index contributed by atoms with van der Waals surface area (Å²) in [5.74, 6) is -0.703. The molecule has 0 aliphatic heterocycles. The van der Waals surface area contributed by atoms with E-state index in [1.165, 1.54) is 6.07 Å². The Bertz CT molecular complexity index is 759. The van der Waals surface area contributed by atoms with Crippen LogP contribution in [-0.4, -0.2) is 11.9 Å². The highest BCUT2D eigenvalue weighted by molar-refractivity contribution is 5.88. The molecule has 0 radical (unpaired) electrons. The molecule has 6 heteroatoms. The van der Waals surface area contributed by atoms with Crippen LogP contribution >= 0.6 is 0 Å². The molecule has 0 saturated heterocycles. The number of nitrogens with one attached hydrogen (secondary N) is 2. The first-order chi connectivity index (χ1) is 11.3. The highest BCUT2D eigenvalue weighted by Gasteiger charge is 2.31. The number of benzene rings is 2. The maximum atomic E-state index is 14.0. The lowest BCUT2D eigenvalue weighted by Crippen LogP contribution is -2.40. The fourth-order valence-electron chi connectivity index (χ4n) is 2.40. The molecule has 4 N–H and O–H groups in total. The number of anilines is 1. The minimum atomic E-state index is -1.01. The maximum Gasteiger partial charge on any atom is 0.316 e. The summed E-state index contributed by atoms with van der Waals surface area (Å²) in [6.07, 6.45) is 0. The smallest absolute Gasteiger partial charge is 0.316 e. The Balaban J connectivity index is 2.07. The van der Waals surface area contributed by atoms with E-state index in [1.807, 2.05) is 6.07 Å². The maximum absolute atomic E-state index is 14.0. The van der Waals surface area contributed by atoms with Gasteiger partial charge in [0, 0.05) is 17.8 Å². The van der Waals surface area contributed by atoms with E-state index in [4.69, 9.17) is 5.73 Å². The largest absolute Gasteiger partial charge is 0.351 e. The molecule has 0 fully saturated rings. The lowest BCUT2D eigenvalue weighted by atomic mass is 9.83. The Labute approximate surface area is 140 Å². The van der Waals surface area contributed by atoms with E-state index in [1.54, 1.807) is 50.2 Å². The Morgan fingerprint density at radius 1 is 1.12 bits per heavy atom. The minimum Gasteiger partial charge on any atom is -0.351 e. The van der Waals surface area contributed by atoms with Crippen LogP contribution in [0.5, 0.6) is 0 Å². The molecule has 0 spiro atoms. The molecule has 2 aromatic carbocycles. The summed E-state index contributed by atoms with van der Waals surface area (Å²) in [6, 6.07) is 12.5. The number of hydrogen-bond donors (Lipinski definition) is 3. The van der Waals surface area contributed by atoms with Crippen LogP contribution in [0.2, 0.25) is 0 Å². The van der Waals surface area contributed by atoms with Gasteiger partial charge in [0.25, 0.3) is 0 Å². The number of carbonyl (C=O) groups is 2. The third-order valence-corrected chi connectivity index (χ3v) is 3.76. The topological polar surface area (TPSA) is 84.2 Å². The molecule has 0 unspecified atom stereocenters. The van der Waals surface area contributed by atoms with E-state index in [9.17, 15) is 14.0 Å². The van der Waals surface area contributed by atoms with Crippen molar-refractivity contribution in [2.75, 3.05) is 5.32 Å². The standard InChI is InChI=1S/C18H20FN3O2/c1-18(2,14-8-3-4-9-15(14)19)16(23)21-11-12-6-5-7-13(10-12)22-17(20)24/h3-10H,11H2,1-2H3,(H,21,23)(H3,20,22,24). The van der Waals surface area contributed by atoms with Crippen molar-refractivity contribution in [3.05, 3.63) is 65.5 Å². The molecule has 2 rings (SSSR count). The van der Waals surface area contributed by atoms with Gasteiger partial charge in [-0.2, -0.15) is 0 Å². The van der Waals surface area contributed by atoms with Crippen LogP contribution in [0.1, 0.15) is 25.0 Å². The number of carbonyl (C=O) groups excluding carboxylic acids is 2. The number of hydrogen-bond acceptors (Lipinski definition) is 2. The van der Waals surface area contributed by atoms with Crippen LogP contribution in [-0.2, 0) is 16.8 Å². The summed E-state index contributed by atoms with van der Waals surface area (Å²) in [7, 11) is 0. The van der Waals surface area contributed by atoms with Crippen LogP contribution in [0.3, 0.4) is 0 Å². The van der Waals surface area contributed by atoms with E-state index in [-0.39, 0.29) is 12.5 Å². The van der Waals surface area contributed by atoms with Gasteiger partial charge in [-0.05, 0) is 37.6 Å². The number of primary amides is 1. The van der Waals surface area contributed by atoms with Gasteiger partial charge in [0.1, 0.15) is 5.82 Å². The van der Waals surface area contributed by atoms with Crippen LogP contribution in [0.15, 0.2) is 48.5 Å². The van der Waals surface area contributed by atoms with Crippen molar-refractivity contribution in [1.29, 1.82) is 0 Å². The number of urea groups is 1. The second kappa shape index (κ2) is 7.12. The highest BCUT2D eigenvalue weighted by atomic mass is 19.1. The number of amides is 3. The van der Waals surface area contributed by atoms with Crippen LogP contribution in [0.25, 0.3) is 0 Å². The summed E-state index contributed by atoms with van der Waals surface area (Å²) in [5.41, 5.74) is 5.75. The molecule has 0 bridgehead atoms. The lowest BCUT2D eigenvalue weighted by Gasteiger charge is -2.24. The van der Waals surface area contributed by atoms with Gasteiger partial charge in [-0.3, -0.25) is 4.79 Å². The van der Waals surface area contributed by atoms with Gasteiger partial charge in [0.2, 0.25) is 5.91 Å². The Kier molecular flexibility index (Phi) is 5.18. The van der Waals surface area contributed by atoms with Gasteiger partial charge in [0.15, 0.2) is 0 Å². The highest BCUT2D eigenvalue weighted by Crippen LogP contribution is 2.26. The summed E-state index contributed by atoms with van der Waals surface area (Å²) < 4.78 is 14.0. The van der Waals surface area contributed by atoms with Gasteiger partial charge in [0.05, 0.1) is 5.41 Å². The lowest BCUT2D eigenvalue weighted by molar-refractivity contribution is -0.125. The summed E-state index contributed by atoms with van der Waals surface area (Å²) in [4.78, 5) is 23.4. The molecule has 0 heterocycles. The van der Waals surface area contributed by atoms with Crippen molar-refractivity contribution < 1.29 is 14.0 Å². The third kappa shape index (κ3) is 4.10. The summed E-state index contributed by atoms with van der Waals surface area (Å²) in [5, 5.41) is 5.27. The molecule has 24 heavy (non-hydrogen) atoms. The predicted octanol–water partition coefficient (Wildman–Crippen LogP) is 2.91. The minimum absolute atomic E-state index is 0.255. The van der Waals surface area contributed by atoms with Crippen molar-refractivity contribution >= 4 is 17.6 Å². The van der Waals surface area contributed by atoms with Gasteiger partial charge in [-0.15, -0.1) is 0 Å². The first kappa shape index (κ1) is 17.5. The van der Waals surface area contributed by atoms with Crippen molar-refractivity contribution in [1.82, 2.24) is 5.32 Å². The summed E-state index contributed by atoms with van der Waals surface area (Å²) >= 11 is 0. The number of rotatable bonds is 5. The van der Waals surface area contributed by atoms with Crippen molar-refractivity contribution in [2.45, 2.75) is 25.8 Å². The zero-order valence-corrected chi connectivity index (χ0v) is 13.6. The first-order valence-electron chi connectivity index (χ1n) is 7.49. The summed E-state index contributed by atoms with van der Waals surface area (Å²) in [6.45, 7) is 3.60. The van der Waals surface area contributed by atoms with Gasteiger partial charge in [-0.1, -0.05) is 30.3 Å². The normalized spacial score (nSPS) is 11.0. The molecule has 0 atom stereocenters. The molecule has 0 aliphatic rings. The molecule has 0 aromatic heterocycles. The van der Waals surface area contributed by atoms with Gasteiger partial charge in [-0.25, -0.2) is 9.18 Å². The van der Waals surface area contributed by atoms with Gasteiger partial charge < -0.3 is 16.4 Å². The molecular weight excluding hydrogens is 309 g/mol. The fourth-order valence-corrected chi connectivity index (χ4v) is 2.40. The van der Waals surface area contributed by atoms with Crippen molar-refractivity contribution in [3.8, 4) is 0 Å². The molecule has 5 nitrogen and oxygen atoms in total. The van der Waals surface area contributed by atoms with E-state index in [0.29, 0.717) is 11.3 Å². The SMILES string of the molecule is CC(C)(C(=O)NCc1cccc(NC(N)=O)c1)c1ccccc1F. The molecule has 2 aromatic rings. The second-order valence-corrected chi connectivity index (χ2v) is 5.98. The third-order valence-electron chi connectivity index (χ3n) is 3.76. The molecular formula is C18H20FN3O2. The monoisotopic (exact) mass is 329 g/mol. The Morgan fingerprint density at radius 2 is 1.83 bits per heavy atom.